The molecule has 0 saturated heterocycles. The molecule has 0 atom stereocenters. The van der Waals surface area contributed by atoms with Gasteiger partial charge in [0.2, 0.25) is 0 Å². The summed E-state index contributed by atoms with van der Waals surface area (Å²) in [6, 6.07) is 10.8. The third-order valence-electron chi connectivity index (χ3n) is 2.81. The van der Waals surface area contributed by atoms with E-state index in [1.807, 2.05) is 6.07 Å². The summed E-state index contributed by atoms with van der Waals surface area (Å²) in [5.41, 5.74) is 1.99. The zero-order valence-electron chi connectivity index (χ0n) is 10.5. The number of nitrogens with zero attached hydrogens (tertiary/aromatic N) is 1. The largest absolute Gasteiger partial charge is 0.309 e. The molecule has 102 valence electrons. The molecule has 0 spiro atoms. The smallest absolute Gasteiger partial charge is 0.159 e. The van der Waals surface area contributed by atoms with E-state index < -0.39 is 11.6 Å². The summed E-state index contributed by atoms with van der Waals surface area (Å²) in [7, 11) is 0. The van der Waals surface area contributed by atoms with Crippen LogP contribution in [0.4, 0.5) is 8.78 Å². The van der Waals surface area contributed by atoms with Crippen molar-refractivity contribution < 1.29 is 8.78 Å². The molecule has 2 nitrogen and oxygen atoms in total. The van der Waals surface area contributed by atoms with E-state index in [-0.39, 0.29) is 0 Å². The van der Waals surface area contributed by atoms with Crippen molar-refractivity contribution in [3.05, 3.63) is 69.7 Å². The van der Waals surface area contributed by atoms with Crippen molar-refractivity contribution in [1.82, 2.24) is 5.32 Å². The molecule has 2 rings (SSSR count). The molecular formula is C15H11ClF2N2. The number of nitrogens with one attached hydrogen (secondary N) is 1. The van der Waals surface area contributed by atoms with E-state index in [1.165, 1.54) is 6.07 Å². The first-order valence-electron chi connectivity index (χ1n) is 5.93. The van der Waals surface area contributed by atoms with E-state index in [0.717, 1.165) is 17.7 Å². The van der Waals surface area contributed by atoms with E-state index in [1.54, 1.807) is 18.2 Å². The minimum absolute atomic E-state index is 0.396. The molecule has 2 aromatic carbocycles. The van der Waals surface area contributed by atoms with Crippen molar-refractivity contribution in [3.63, 3.8) is 0 Å². The van der Waals surface area contributed by atoms with E-state index >= 15 is 0 Å². The van der Waals surface area contributed by atoms with Gasteiger partial charge in [-0.3, -0.25) is 0 Å². The van der Waals surface area contributed by atoms with Gasteiger partial charge in [-0.25, -0.2) is 8.78 Å². The minimum atomic E-state index is -0.860. The normalized spacial score (nSPS) is 10.3. The molecule has 20 heavy (non-hydrogen) atoms. The van der Waals surface area contributed by atoms with Crippen molar-refractivity contribution in [2.75, 3.05) is 0 Å². The monoisotopic (exact) mass is 292 g/mol. The highest BCUT2D eigenvalue weighted by molar-refractivity contribution is 6.31. The van der Waals surface area contributed by atoms with Crippen molar-refractivity contribution in [3.8, 4) is 6.07 Å². The lowest BCUT2D eigenvalue weighted by Gasteiger charge is -2.07. The Labute approximate surface area is 120 Å². The molecule has 1 N–H and O–H groups in total. The average molecular weight is 293 g/mol. The maximum absolute atomic E-state index is 13.0. The number of rotatable bonds is 4. The van der Waals surface area contributed by atoms with Crippen LogP contribution in [-0.4, -0.2) is 0 Å². The Bertz CT molecular complexity index is 665. The molecule has 0 unspecified atom stereocenters. The number of hydrogen-bond donors (Lipinski definition) is 1. The van der Waals surface area contributed by atoms with Gasteiger partial charge in [0, 0.05) is 18.1 Å². The van der Waals surface area contributed by atoms with E-state index in [4.69, 9.17) is 16.9 Å². The molecule has 0 heterocycles. The van der Waals surface area contributed by atoms with E-state index in [2.05, 4.69) is 5.32 Å². The predicted molar refractivity (Wildman–Crippen MR) is 73.1 cm³/mol. The summed E-state index contributed by atoms with van der Waals surface area (Å²) >= 11 is 6.04. The first kappa shape index (κ1) is 14.4. The Hall–Kier alpha value is -1.96. The van der Waals surface area contributed by atoms with Crippen LogP contribution < -0.4 is 5.32 Å². The van der Waals surface area contributed by atoms with Crippen LogP contribution in [0.5, 0.6) is 0 Å². The van der Waals surface area contributed by atoms with Crippen molar-refractivity contribution >= 4 is 11.6 Å². The van der Waals surface area contributed by atoms with Gasteiger partial charge in [-0.15, -0.1) is 0 Å². The van der Waals surface area contributed by atoms with Crippen LogP contribution >= 0.6 is 11.6 Å². The predicted octanol–water partition coefficient (Wildman–Crippen LogP) is 3.78. The minimum Gasteiger partial charge on any atom is -0.309 e. The van der Waals surface area contributed by atoms with Crippen molar-refractivity contribution in [1.29, 1.82) is 5.26 Å². The van der Waals surface area contributed by atoms with Gasteiger partial charge in [0.1, 0.15) is 0 Å². The maximum Gasteiger partial charge on any atom is 0.159 e. The average Bonchev–Trinajstić information content (AvgIpc) is 2.44. The Morgan fingerprint density at radius 3 is 2.50 bits per heavy atom. The number of halogens is 3. The summed E-state index contributed by atoms with van der Waals surface area (Å²) in [5.74, 6) is -1.72. The molecular weight excluding hydrogens is 282 g/mol. The van der Waals surface area contributed by atoms with Crippen LogP contribution in [0.25, 0.3) is 0 Å². The summed E-state index contributed by atoms with van der Waals surface area (Å²) in [4.78, 5) is 0. The second kappa shape index (κ2) is 6.47. The first-order chi connectivity index (χ1) is 9.60. The molecule has 2 aromatic rings. The summed E-state index contributed by atoms with van der Waals surface area (Å²) in [5, 5.41) is 12.3. The maximum atomic E-state index is 13.0. The highest BCUT2D eigenvalue weighted by Gasteiger charge is 2.04. The van der Waals surface area contributed by atoms with Crippen molar-refractivity contribution in [2.24, 2.45) is 0 Å². The van der Waals surface area contributed by atoms with Gasteiger partial charge < -0.3 is 5.32 Å². The lowest BCUT2D eigenvalue weighted by Crippen LogP contribution is -2.13. The summed E-state index contributed by atoms with van der Waals surface area (Å²) in [6.07, 6.45) is 0. The highest BCUT2D eigenvalue weighted by Crippen LogP contribution is 2.17. The Morgan fingerprint density at radius 1 is 1.05 bits per heavy atom. The quantitative estimate of drug-likeness (QED) is 0.931. The molecule has 0 aliphatic carbocycles. The molecule has 0 fully saturated rings. The van der Waals surface area contributed by atoms with Crippen molar-refractivity contribution in [2.45, 2.75) is 13.1 Å². The first-order valence-corrected chi connectivity index (χ1v) is 6.31. The van der Waals surface area contributed by atoms with Gasteiger partial charge in [-0.05, 0) is 35.4 Å². The van der Waals surface area contributed by atoms with E-state index in [9.17, 15) is 8.78 Å². The molecule has 0 aliphatic heterocycles. The lowest BCUT2D eigenvalue weighted by molar-refractivity contribution is 0.506. The summed E-state index contributed by atoms with van der Waals surface area (Å²) < 4.78 is 25.8. The van der Waals surface area contributed by atoms with Gasteiger partial charge in [0.05, 0.1) is 11.6 Å². The lowest BCUT2D eigenvalue weighted by atomic mass is 10.1. The zero-order chi connectivity index (χ0) is 14.5. The number of benzene rings is 2. The molecule has 0 bridgehead atoms. The number of nitriles is 1. The fourth-order valence-electron chi connectivity index (χ4n) is 1.75. The van der Waals surface area contributed by atoms with Crippen LogP contribution in [0.2, 0.25) is 5.02 Å². The standard InChI is InChI=1S/C15H11ClF2N2/c16-13-5-10(7-19)1-3-12(13)9-20-8-11-2-4-14(17)15(18)6-11/h1-6,20H,8-9H2. The van der Waals surface area contributed by atoms with Gasteiger partial charge in [0.15, 0.2) is 11.6 Å². The van der Waals surface area contributed by atoms with Crippen LogP contribution in [0.15, 0.2) is 36.4 Å². The van der Waals surface area contributed by atoms with Crippen LogP contribution in [0.1, 0.15) is 16.7 Å². The van der Waals surface area contributed by atoms with Gasteiger partial charge >= 0.3 is 0 Å². The zero-order valence-corrected chi connectivity index (χ0v) is 11.2. The second-order valence-electron chi connectivity index (χ2n) is 4.27. The number of hydrogen-bond acceptors (Lipinski definition) is 2. The Balaban J connectivity index is 1.96. The molecule has 0 aliphatic rings. The van der Waals surface area contributed by atoms with Crippen LogP contribution in [0.3, 0.4) is 0 Å². The topological polar surface area (TPSA) is 35.8 Å². The highest BCUT2D eigenvalue weighted by atomic mass is 35.5. The molecule has 0 radical (unpaired) electrons. The fraction of sp³-hybridized carbons (Fsp3) is 0.133. The van der Waals surface area contributed by atoms with Crippen LogP contribution in [-0.2, 0) is 13.1 Å². The summed E-state index contributed by atoms with van der Waals surface area (Å²) in [6.45, 7) is 0.872. The van der Waals surface area contributed by atoms with Gasteiger partial charge in [0.25, 0.3) is 0 Å². The molecule has 0 aromatic heterocycles. The van der Waals surface area contributed by atoms with Crippen LogP contribution in [0, 0.1) is 23.0 Å². The third kappa shape index (κ3) is 3.53. The second-order valence-corrected chi connectivity index (χ2v) is 4.68. The van der Waals surface area contributed by atoms with E-state index in [0.29, 0.717) is 29.2 Å². The third-order valence-corrected chi connectivity index (χ3v) is 3.16. The molecule has 0 saturated carbocycles. The molecule has 0 amide bonds. The Morgan fingerprint density at radius 2 is 1.85 bits per heavy atom. The molecule has 5 heteroatoms. The van der Waals surface area contributed by atoms with Gasteiger partial charge in [-0.2, -0.15) is 5.26 Å². The van der Waals surface area contributed by atoms with Gasteiger partial charge in [-0.1, -0.05) is 23.7 Å². The Kier molecular flexibility index (Phi) is 4.67. The SMILES string of the molecule is N#Cc1ccc(CNCc2ccc(F)c(F)c2)c(Cl)c1. The fourth-order valence-corrected chi connectivity index (χ4v) is 2.00.